The maximum absolute atomic E-state index is 12.5. The van der Waals surface area contributed by atoms with Gasteiger partial charge in [0.1, 0.15) is 0 Å². The smallest absolute Gasteiger partial charge is 0.277 e. The van der Waals surface area contributed by atoms with Crippen molar-refractivity contribution < 1.29 is 9.59 Å². The molecule has 1 aromatic carbocycles. The fourth-order valence-corrected chi connectivity index (χ4v) is 3.39. The summed E-state index contributed by atoms with van der Waals surface area (Å²) in [6.07, 6.45) is 1.68. The third-order valence-electron chi connectivity index (χ3n) is 4.06. The normalized spacial score (nSPS) is 10.7. The van der Waals surface area contributed by atoms with Crippen molar-refractivity contribution in [3.8, 4) is 0 Å². The van der Waals surface area contributed by atoms with Gasteiger partial charge in [0, 0.05) is 17.4 Å². The van der Waals surface area contributed by atoms with Gasteiger partial charge in [-0.25, -0.2) is 0 Å². The molecule has 3 aromatic rings. The van der Waals surface area contributed by atoms with Crippen LogP contribution < -0.4 is 10.6 Å². The van der Waals surface area contributed by atoms with E-state index in [4.69, 9.17) is 0 Å². The predicted octanol–water partition coefficient (Wildman–Crippen LogP) is 3.87. The van der Waals surface area contributed by atoms with E-state index in [1.807, 2.05) is 32.0 Å². The number of rotatable bonds is 6. The lowest BCUT2D eigenvalue weighted by atomic mass is 10.1. The van der Waals surface area contributed by atoms with Crippen LogP contribution in [0, 0.1) is 0 Å². The molecule has 0 saturated heterocycles. The molecule has 0 bridgehead atoms. The van der Waals surface area contributed by atoms with Crippen LogP contribution in [0.2, 0.25) is 0 Å². The van der Waals surface area contributed by atoms with Gasteiger partial charge in [-0.3, -0.25) is 19.7 Å². The Morgan fingerprint density at radius 1 is 1.14 bits per heavy atom. The van der Waals surface area contributed by atoms with Crippen LogP contribution in [0.15, 0.2) is 53.1 Å². The Bertz CT molecular complexity index is 985. The Labute approximate surface area is 171 Å². The highest BCUT2D eigenvalue weighted by atomic mass is 79.9. The zero-order valence-electron chi connectivity index (χ0n) is 15.5. The molecule has 0 unspecified atom stereocenters. The molecule has 0 fully saturated rings. The zero-order valence-corrected chi connectivity index (χ0v) is 17.1. The van der Waals surface area contributed by atoms with Crippen molar-refractivity contribution in [3.05, 3.63) is 75.8 Å². The number of hydrogen-bond donors (Lipinski definition) is 3. The molecule has 2 amide bonds. The van der Waals surface area contributed by atoms with Crippen LogP contribution in [0.4, 0.5) is 5.69 Å². The van der Waals surface area contributed by atoms with Crippen molar-refractivity contribution in [1.29, 1.82) is 0 Å². The van der Waals surface area contributed by atoms with E-state index in [-0.39, 0.29) is 23.4 Å². The summed E-state index contributed by atoms with van der Waals surface area (Å²) in [7, 11) is 0. The average molecular weight is 442 g/mol. The molecule has 0 spiro atoms. The Morgan fingerprint density at radius 3 is 2.64 bits per heavy atom. The number of aromatic nitrogens is 3. The first kappa shape index (κ1) is 19.8. The number of pyridine rings is 1. The number of hydrogen-bond acceptors (Lipinski definition) is 4. The van der Waals surface area contributed by atoms with Gasteiger partial charge in [-0.1, -0.05) is 26.0 Å². The summed E-state index contributed by atoms with van der Waals surface area (Å²) in [5, 5.41) is 12.5. The van der Waals surface area contributed by atoms with Crippen LogP contribution in [0.1, 0.15) is 52.0 Å². The van der Waals surface area contributed by atoms with Crippen LogP contribution in [-0.2, 0) is 6.54 Å². The Balaban J connectivity index is 1.67. The van der Waals surface area contributed by atoms with Crippen molar-refractivity contribution in [3.63, 3.8) is 0 Å². The van der Waals surface area contributed by atoms with E-state index < -0.39 is 0 Å². The summed E-state index contributed by atoms with van der Waals surface area (Å²) in [6.45, 7) is 4.34. The first-order chi connectivity index (χ1) is 13.5. The Hall–Kier alpha value is -3.00. The van der Waals surface area contributed by atoms with E-state index in [9.17, 15) is 9.59 Å². The minimum absolute atomic E-state index is 0.203. The molecule has 0 saturated carbocycles. The third kappa shape index (κ3) is 4.64. The van der Waals surface area contributed by atoms with E-state index >= 15 is 0 Å². The summed E-state index contributed by atoms with van der Waals surface area (Å²) in [5.74, 6) is -0.402. The van der Waals surface area contributed by atoms with Crippen molar-refractivity contribution in [1.82, 2.24) is 20.5 Å². The molecule has 2 aromatic heterocycles. The average Bonchev–Trinajstić information content (AvgIpc) is 3.09. The molecule has 0 aliphatic heterocycles. The second-order valence-electron chi connectivity index (χ2n) is 6.49. The van der Waals surface area contributed by atoms with Crippen LogP contribution in [0.5, 0.6) is 0 Å². The second kappa shape index (κ2) is 8.79. The molecule has 0 aliphatic carbocycles. The van der Waals surface area contributed by atoms with Gasteiger partial charge < -0.3 is 10.6 Å². The molecule has 144 valence electrons. The molecule has 8 heteroatoms. The van der Waals surface area contributed by atoms with Gasteiger partial charge in [0.25, 0.3) is 11.8 Å². The number of nitrogens with zero attached hydrogens (tertiary/aromatic N) is 2. The van der Waals surface area contributed by atoms with E-state index in [2.05, 4.69) is 41.7 Å². The van der Waals surface area contributed by atoms with Gasteiger partial charge in [0.05, 0.1) is 22.4 Å². The topological polar surface area (TPSA) is 99.8 Å². The van der Waals surface area contributed by atoms with Crippen LogP contribution >= 0.6 is 15.9 Å². The zero-order chi connectivity index (χ0) is 20.1. The van der Waals surface area contributed by atoms with Crippen LogP contribution in [-0.4, -0.2) is 27.0 Å². The SMILES string of the molecule is CC(C)c1[nH]nc(C(=O)Nc2cccc(C(=O)NCc3ccccn3)c2)c1Br. The number of benzene rings is 1. The first-order valence-corrected chi connectivity index (χ1v) is 9.58. The Morgan fingerprint density at radius 2 is 1.96 bits per heavy atom. The largest absolute Gasteiger partial charge is 0.346 e. The summed E-state index contributed by atoms with van der Waals surface area (Å²) in [6, 6.07) is 12.3. The van der Waals surface area contributed by atoms with Gasteiger partial charge in [-0.05, 0) is 52.2 Å². The lowest BCUT2D eigenvalue weighted by Gasteiger charge is -2.08. The van der Waals surface area contributed by atoms with Gasteiger partial charge in [0.15, 0.2) is 5.69 Å². The molecule has 28 heavy (non-hydrogen) atoms. The van der Waals surface area contributed by atoms with Gasteiger partial charge in [-0.2, -0.15) is 5.10 Å². The highest BCUT2D eigenvalue weighted by Gasteiger charge is 2.19. The summed E-state index contributed by atoms with van der Waals surface area (Å²) >= 11 is 3.42. The van der Waals surface area contributed by atoms with Gasteiger partial charge in [0.2, 0.25) is 0 Å². The van der Waals surface area contributed by atoms with Gasteiger partial charge in [-0.15, -0.1) is 0 Å². The fourth-order valence-electron chi connectivity index (χ4n) is 2.58. The predicted molar refractivity (Wildman–Crippen MR) is 110 cm³/mol. The van der Waals surface area contributed by atoms with Crippen molar-refractivity contribution >= 4 is 33.4 Å². The monoisotopic (exact) mass is 441 g/mol. The molecule has 0 aliphatic rings. The fraction of sp³-hybridized carbons (Fsp3) is 0.200. The number of amides is 2. The molecule has 3 rings (SSSR count). The van der Waals surface area contributed by atoms with E-state index in [0.29, 0.717) is 22.3 Å². The minimum atomic E-state index is -0.360. The second-order valence-corrected chi connectivity index (χ2v) is 7.29. The Kier molecular flexibility index (Phi) is 6.20. The van der Waals surface area contributed by atoms with E-state index in [0.717, 1.165) is 11.4 Å². The molecule has 7 nitrogen and oxygen atoms in total. The third-order valence-corrected chi connectivity index (χ3v) is 4.87. The van der Waals surface area contributed by atoms with Crippen molar-refractivity contribution in [2.24, 2.45) is 0 Å². The summed E-state index contributed by atoms with van der Waals surface area (Å²) in [4.78, 5) is 29.1. The van der Waals surface area contributed by atoms with Crippen LogP contribution in [0.25, 0.3) is 0 Å². The van der Waals surface area contributed by atoms with E-state index in [1.54, 1.807) is 30.5 Å². The maximum Gasteiger partial charge on any atom is 0.277 e. The molecular formula is C20H20BrN5O2. The lowest BCUT2D eigenvalue weighted by molar-refractivity contribution is 0.0949. The minimum Gasteiger partial charge on any atom is -0.346 e. The number of aromatic amines is 1. The number of carbonyl (C=O) groups is 2. The molecule has 0 radical (unpaired) electrons. The van der Waals surface area contributed by atoms with Crippen molar-refractivity contribution in [2.75, 3.05) is 5.32 Å². The number of carbonyl (C=O) groups excluding carboxylic acids is 2. The number of anilines is 1. The highest BCUT2D eigenvalue weighted by Crippen LogP contribution is 2.26. The van der Waals surface area contributed by atoms with Crippen molar-refractivity contribution in [2.45, 2.75) is 26.3 Å². The van der Waals surface area contributed by atoms with Gasteiger partial charge >= 0.3 is 0 Å². The summed E-state index contributed by atoms with van der Waals surface area (Å²) < 4.78 is 0.643. The summed E-state index contributed by atoms with van der Waals surface area (Å²) in [5.41, 5.74) is 2.85. The molecule has 3 N–H and O–H groups in total. The number of nitrogens with one attached hydrogen (secondary N) is 3. The quantitative estimate of drug-likeness (QED) is 0.540. The van der Waals surface area contributed by atoms with Crippen LogP contribution in [0.3, 0.4) is 0 Å². The highest BCUT2D eigenvalue weighted by molar-refractivity contribution is 9.10. The molecule has 2 heterocycles. The number of halogens is 1. The number of H-pyrrole nitrogens is 1. The molecular weight excluding hydrogens is 422 g/mol. The standard InChI is InChI=1S/C20H20BrN5O2/c1-12(2)17-16(21)18(26-25-17)20(28)24-14-8-5-6-13(10-14)19(27)23-11-15-7-3-4-9-22-15/h3-10,12H,11H2,1-2H3,(H,23,27)(H,24,28)(H,25,26). The van der Waals surface area contributed by atoms with E-state index in [1.165, 1.54) is 0 Å². The maximum atomic E-state index is 12.5. The lowest BCUT2D eigenvalue weighted by Crippen LogP contribution is -2.23. The first-order valence-electron chi connectivity index (χ1n) is 8.79. The molecule has 0 atom stereocenters.